The van der Waals surface area contributed by atoms with Crippen molar-refractivity contribution >= 4 is 83.6 Å². The van der Waals surface area contributed by atoms with Crippen LogP contribution in [-0.4, -0.2) is 4.89 Å². The van der Waals surface area contributed by atoms with E-state index in [0.29, 0.717) is 11.2 Å². The quantitative estimate of drug-likeness (QED) is 0.204. The molecule has 7 rings (SSSR count). The molecule has 0 aliphatic carbocycles. The molecule has 0 unspecified atom stereocenters. The summed E-state index contributed by atoms with van der Waals surface area (Å²) in [5, 5.41) is 5.98. The minimum absolute atomic E-state index is 0.618. The Balaban J connectivity index is 1.83. The number of fused-ring (bicyclic) bond motifs is 7. The smallest absolute Gasteiger partial charge is 0.384 e. The van der Waals surface area contributed by atoms with Crippen molar-refractivity contribution in [3.8, 4) is 22.3 Å². The molecule has 38 heavy (non-hydrogen) atoms. The van der Waals surface area contributed by atoms with Gasteiger partial charge in [0.25, 0.3) is 0 Å². The lowest BCUT2D eigenvalue weighted by Crippen LogP contribution is -1.87. The first kappa shape index (κ1) is 23.8. The van der Waals surface area contributed by atoms with E-state index in [-0.39, 0.29) is 0 Å². The summed E-state index contributed by atoms with van der Waals surface area (Å²) in [5.74, 6) is 0. The zero-order valence-electron chi connectivity index (χ0n) is 19.9. The van der Waals surface area contributed by atoms with Crippen molar-refractivity contribution in [3.63, 3.8) is 0 Å². The standard InChI is InChI=1S/C32H19Br2O3P/c33-23-11-13-25-21(15-23)17-27(19-7-3-1-4-8-19)31-29(25)30-26-14-12-24(34)16-22(26)18-28(20-9-5-2-6-10-20)32(30)37-38(35)36-31/h1-18,35H. The molecule has 1 aromatic heterocycles. The van der Waals surface area contributed by atoms with E-state index in [9.17, 15) is 4.89 Å². The molecule has 0 amide bonds. The summed E-state index contributed by atoms with van der Waals surface area (Å²) in [4.78, 5) is 11.2. The largest absolute Gasteiger partial charge is 0.398 e. The van der Waals surface area contributed by atoms with Gasteiger partial charge < -0.3 is 8.39 Å². The predicted molar refractivity (Wildman–Crippen MR) is 165 cm³/mol. The summed E-state index contributed by atoms with van der Waals surface area (Å²) in [6, 6.07) is 37.1. The summed E-state index contributed by atoms with van der Waals surface area (Å²) in [6.45, 7) is 0. The highest BCUT2D eigenvalue weighted by atomic mass is 79.9. The Hall–Kier alpha value is -3.34. The van der Waals surface area contributed by atoms with Gasteiger partial charge in [-0.1, -0.05) is 105 Å². The van der Waals surface area contributed by atoms with E-state index in [2.05, 4.69) is 92.5 Å². The minimum Gasteiger partial charge on any atom is -0.398 e. The Morgan fingerprint density at radius 3 is 1.37 bits per heavy atom. The van der Waals surface area contributed by atoms with E-state index in [0.717, 1.165) is 63.5 Å². The highest BCUT2D eigenvalue weighted by molar-refractivity contribution is 9.10. The predicted octanol–water partition coefficient (Wildman–Crippen LogP) is 11.2. The van der Waals surface area contributed by atoms with Crippen molar-refractivity contribution in [1.29, 1.82) is 0 Å². The maximum Gasteiger partial charge on any atom is 0.384 e. The van der Waals surface area contributed by atoms with Gasteiger partial charge >= 0.3 is 8.24 Å². The second-order valence-corrected chi connectivity index (χ2v) is 11.8. The first-order valence-electron chi connectivity index (χ1n) is 12.1. The Morgan fingerprint density at radius 1 is 0.526 bits per heavy atom. The van der Waals surface area contributed by atoms with Gasteiger partial charge in [-0.3, -0.25) is 4.89 Å². The normalized spacial score (nSPS) is 11.6. The van der Waals surface area contributed by atoms with Crippen LogP contribution in [0.5, 0.6) is 0 Å². The van der Waals surface area contributed by atoms with Gasteiger partial charge in [0.2, 0.25) is 0 Å². The molecule has 3 nitrogen and oxygen atoms in total. The van der Waals surface area contributed by atoms with Crippen LogP contribution in [0, 0.1) is 0 Å². The lowest BCUT2D eigenvalue weighted by molar-refractivity contribution is 0.496. The summed E-state index contributed by atoms with van der Waals surface area (Å²) in [5.41, 5.74) is 5.05. The molecule has 0 aliphatic rings. The fraction of sp³-hybridized carbons (Fsp3) is 0. The van der Waals surface area contributed by atoms with Crippen LogP contribution in [0.25, 0.3) is 65.7 Å². The van der Waals surface area contributed by atoms with Crippen molar-refractivity contribution in [1.82, 2.24) is 0 Å². The third kappa shape index (κ3) is 3.98. The first-order valence-corrected chi connectivity index (χ1v) is 14.8. The Bertz CT molecular complexity index is 1910. The number of benzene rings is 6. The average Bonchev–Trinajstić information content (AvgIpc) is 3.09. The second kappa shape index (κ2) is 9.44. The van der Waals surface area contributed by atoms with E-state index in [1.807, 2.05) is 48.5 Å². The minimum atomic E-state index is -2.25. The molecule has 184 valence electrons. The molecular formula is C32H19Br2O3P. The summed E-state index contributed by atoms with van der Waals surface area (Å²) in [6.07, 6.45) is 0. The van der Waals surface area contributed by atoms with Crippen molar-refractivity contribution in [2.45, 2.75) is 0 Å². The third-order valence-electron chi connectivity index (χ3n) is 6.87. The van der Waals surface area contributed by atoms with E-state index in [4.69, 9.17) is 8.39 Å². The summed E-state index contributed by atoms with van der Waals surface area (Å²) in [7, 11) is -2.25. The monoisotopic (exact) mass is 640 g/mol. The molecule has 0 atom stereocenters. The van der Waals surface area contributed by atoms with Gasteiger partial charge in [0.1, 0.15) is 0 Å². The van der Waals surface area contributed by atoms with Gasteiger partial charge in [-0.2, -0.15) is 0 Å². The number of hydrogen-bond donors (Lipinski definition) is 1. The molecule has 0 radical (unpaired) electrons. The highest BCUT2D eigenvalue weighted by Gasteiger charge is 2.20. The molecule has 0 aliphatic heterocycles. The van der Waals surface area contributed by atoms with E-state index >= 15 is 0 Å². The molecule has 0 bridgehead atoms. The van der Waals surface area contributed by atoms with Crippen LogP contribution in [0.15, 0.2) is 127 Å². The van der Waals surface area contributed by atoms with Gasteiger partial charge in [0, 0.05) is 30.8 Å². The molecule has 6 aromatic carbocycles. The fourth-order valence-electron chi connectivity index (χ4n) is 5.24. The maximum atomic E-state index is 11.2. The number of rotatable bonds is 2. The van der Waals surface area contributed by atoms with Crippen LogP contribution in [0.4, 0.5) is 0 Å². The lowest BCUT2D eigenvalue weighted by Gasteiger charge is -2.12. The van der Waals surface area contributed by atoms with Crippen molar-refractivity contribution in [3.05, 3.63) is 118 Å². The number of halogens is 2. The van der Waals surface area contributed by atoms with Crippen LogP contribution in [0.3, 0.4) is 0 Å². The van der Waals surface area contributed by atoms with Gasteiger partial charge in [-0.05, 0) is 69.1 Å². The van der Waals surface area contributed by atoms with Gasteiger partial charge in [-0.25, -0.2) is 0 Å². The lowest BCUT2D eigenvalue weighted by atomic mass is 9.91. The average molecular weight is 642 g/mol. The topological polar surface area (TPSA) is 46.5 Å². The molecule has 7 aromatic rings. The van der Waals surface area contributed by atoms with Crippen molar-refractivity contribution < 1.29 is 13.3 Å². The van der Waals surface area contributed by atoms with Gasteiger partial charge in [0.05, 0.1) is 0 Å². The third-order valence-corrected chi connectivity index (χ3v) is 8.53. The van der Waals surface area contributed by atoms with Crippen LogP contribution in [0.2, 0.25) is 0 Å². The van der Waals surface area contributed by atoms with Crippen molar-refractivity contribution in [2.24, 2.45) is 0 Å². The molecule has 0 fully saturated rings. The Labute approximate surface area is 236 Å². The molecular weight excluding hydrogens is 623 g/mol. The summed E-state index contributed by atoms with van der Waals surface area (Å²) >= 11 is 7.32. The van der Waals surface area contributed by atoms with E-state index in [1.54, 1.807) is 0 Å². The van der Waals surface area contributed by atoms with E-state index in [1.165, 1.54) is 0 Å². The number of hydrogen-bond acceptors (Lipinski definition) is 3. The zero-order chi connectivity index (χ0) is 25.8. The SMILES string of the molecule is Op1oc2c(-c3ccccc3)cc3cc(Br)ccc3c2c2c(o1)c(-c1ccccc1)cc1cc(Br)ccc12. The molecule has 0 spiro atoms. The molecule has 0 saturated carbocycles. The van der Waals surface area contributed by atoms with E-state index < -0.39 is 8.24 Å². The molecule has 1 heterocycles. The van der Waals surface area contributed by atoms with Gasteiger partial charge in [0.15, 0.2) is 11.2 Å². The zero-order valence-corrected chi connectivity index (χ0v) is 23.9. The Morgan fingerprint density at radius 2 is 0.947 bits per heavy atom. The molecule has 1 N–H and O–H groups in total. The highest BCUT2D eigenvalue weighted by Crippen LogP contribution is 2.46. The second-order valence-electron chi connectivity index (χ2n) is 9.14. The van der Waals surface area contributed by atoms with Crippen LogP contribution in [0.1, 0.15) is 0 Å². The summed E-state index contributed by atoms with van der Waals surface area (Å²) < 4.78 is 14.6. The molecule has 6 heteroatoms. The first-order chi connectivity index (χ1) is 18.6. The maximum absolute atomic E-state index is 11.2. The fourth-order valence-corrected chi connectivity index (χ4v) is 6.73. The van der Waals surface area contributed by atoms with Gasteiger partial charge in [-0.15, -0.1) is 0 Å². The Kier molecular flexibility index (Phi) is 5.90. The van der Waals surface area contributed by atoms with Crippen molar-refractivity contribution in [2.75, 3.05) is 0 Å². The van der Waals surface area contributed by atoms with Crippen LogP contribution in [-0.2, 0) is 0 Å². The van der Waals surface area contributed by atoms with Crippen LogP contribution >= 0.6 is 40.1 Å². The molecule has 0 saturated heterocycles. The van der Waals surface area contributed by atoms with Crippen LogP contribution < -0.4 is 0 Å².